The SMILES string of the molecule is CN=C(NCCN(C)CC(F)(F)F)N1CCC(c2cc(OC)cc(OC)c2)C1. The van der Waals surface area contributed by atoms with E-state index in [1.807, 2.05) is 18.2 Å². The van der Waals surface area contributed by atoms with Crippen molar-refractivity contribution in [2.24, 2.45) is 4.99 Å². The van der Waals surface area contributed by atoms with Gasteiger partial charge in [-0.3, -0.25) is 9.89 Å². The van der Waals surface area contributed by atoms with Gasteiger partial charge in [0.05, 0.1) is 20.8 Å². The third-order valence-electron chi connectivity index (χ3n) is 4.77. The summed E-state index contributed by atoms with van der Waals surface area (Å²) in [4.78, 5) is 7.65. The minimum atomic E-state index is -4.18. The van der Waals surface area contributed by atoms with Crippen molar-refractivity contribution >= 4 is 5.96 Å². The monoisotopic (exact) mass is 402 g/mol. The lowest BCUT2D eigenvalue weighted by molar-refractivity contribution is -0.142. The van der Waals surface area contributed by atoms with Crippen molar-refractivity contribution in [3.8, 4) is 11.5 Å². The van der Waals surface area contributed by atoms with E-state index >= 15 is 0 Å². The molecule has 1 heterocycles. The molecule has 0 aliphatic carbocycles. The van der Waals surface area contributed by atoms with Crippen LogP contribution in [0, 0.1) is 0 Å². The Morgan fingerprint density at radius 1 is 1.25 bits per heavy atom. The van der Waals surface area contributed by atoms with E-state index in [1.54, 1.807) is 21.3 Å². The van der Waals surface area contributed by atoms with Crippen molar-refractivity contribution < 1.29 is 22.6 Å². The highest BCUT2D eigenvalue weighted by molar-refractivity contribution is 5.80. The van der Waals surface area contributed by atoms with Crippen LogP contribution < -0.4 is 14.8 Å². The molecule has 0 spiro atoms. The number of nitrogens with one attached hydrogen (secondary N) is 1. The van der Waals surface area contributed by atoms with Crippen LogP contribution in [0.4, 0.5) is 13.2 Å². The van der Waals surface area contributed by atoms with Gasteiger partial charge >= 0.3 is 6.18 Å². The van der Waals surface area contributed by atoms with E-state index in [9.17, 15) is 13.2 Å². The van der Waals surface area contributed by atoms with Crippen molar-refractivity contribution in [1.29, 1.82) is 0 Å². The first-order chi connectivity index (χ1) is 13.3. The fourth-order valence-corrected chi connectivity index (χ4v) is 3.37. The molecule has 1 aliphatic heterocycles. The highest BCUT2D eigenvalue weighted by Crippen LogP contribution is 2.32. The normalized spacial score (nSPS) is 17.9. The number of guanidine groups is 1. The number of hydrogen-bond donors (Lipinski definition) is 1. The summed E-state index contributed by atoms with van der Waals surface area (Å²) >= 11 is 0. The van der Waals surface area contributed by atoms with E-state index in [0.29, 0.717) is 18.4 Å². The third kappa shape index (κ3) is 6.47. The minimum Gasteiger partial charge on any atom is -0.497 e. The number of methoxy groups -OCH3 is 2. The summed E-state index contributed by atoms with van der Waals surface area (Å²) in [6.45, 7) is 1.35. The topological polar surface area (TPSA) is 49.3 Å². The summed E-state index contributed by atoms with van der Waals surface area (Å²) in [6.07, 6.45) is -3.23. The first-order valence-corrected chi connectivity index (χ1v) is 9.19. The lowest BCUT2D eigenvalue weighted by Gasteiger charge is -2.24. The van der Waals surface area contributed by atoms with Crippen LogP contribution in [0.15, 0.2) is 23.2 Å². The Morgan fingerprint density at radius 2 is 1.89 bits per heavy atom. The Kier molecular flexibility index (Phi) is 7.79. The molecule has 9 heteroatoms. The number of nitrogens with zero attached hydrogens (tertiary/aromatic N) is 3. The van der Waals surface area contributed by atoms with Crippen LogP contribution in [0.5, 0.6) is 11.5 Å². The number of likely N-dealkylation sites (N-methyl/N-ethyl adjacent to an activating group) is 1. The molecular formula is C19H29F3N4O2. The Labute approximate surface area is 164 Å². The highest BCUT2D eigenvalue weighted by Gasteiger charge is 2.29. The van der Waals surface area contributed by atoms with Gasteiger partial charge in [0, 0.05) is 45.2 Å². The van der Waals surface area contributed by atoms with Crippen LogP contribution in [0.2, 0.25) is 0 Å². The van der Waals surface area contributed by atoms with Crippen LogP contribution in [0.3, 0.4) is 0 Å². The van der Waals surface area contributed by atoms with E-state index in [2.05, 4.69) is 15.2 Å². The molecule has 2 rings (SSSR count). The fourth-order valence-electron chi connectivity index (χ4n) is 3.37. The number of aliphatic imine (C=N–C) groups is 1. The summed E-state index contributed by atoms with van der Waals surface area (Å²) in [5.74, 6) is 2.51. The van der Waals surface area contributed by atoms with Gasteiger partial charge in [-0.05, 0) is 31.2 Å². The van der Waals surface area contributed by atoms with Gasteiger partial charge in [-0.25, -0.2) is 0 Å². The number of rotatable bonds is 7. The predicted octanol–water partition coefficient (Wildman–Crippen LogP) is 2.56. The van der Waals surface area contributed by atoms with Crippen molar-refractivity contribution in [3.63, 3.8) is 0 Å². The Morgan fingerprint density at radius 3 is 2.43 bits per heavy atom. The molecule has 1 fully saturated rings. The molecule has 1 N–H and O–H groups in total. The van der Waals surface area contributed by atoms with Crippen LogP contribution in [0.25, 0.3) is 0 Å². The third-order valence-corrected chi connectivity index (χ3v) is 4.77. The average molecular weight is 402 g/mol. The van der Waals surface area contributed by atoms with Gasteiger partial charge in [-0.15, -0.1) is 0 Å². The van der Waals surface area contributed by atoms with Crippen LogP contribution in [0.1, 0.15) is 17.9 Å². The molecule has 158 valence electrons. The molecule has 1 saturated heterocycles. The number of likely N-dealkylation sites (tertiary alicyclic amines) is 1. The molecule has 0 amide bonds. The quantitative estimate of drug-likeness (QED) is 0.561. The van der Waals surface area contributed by atoms with Crippen molar-refractivity contribution in [2.75, 3.05) is 61.0 Å². The number of benzene rings is 1. The molecule has 0 aromatic heterocycles. The van der Waals surface area contributed by atoms with Gasteiger partial charge in [0.1, 0.15) is 11.5 Å². The second-order valence-corrected chi connectivity index (χ2v) is 6.90. The number of halogens is 3. The molecule has 1 aromatic carbocycles. The van der Waals surface area contributed by atoms with Gasteiger partial charge in [0.2, 0.25) is 0 Å². The molecule has 0 bridgehead atoms. The first kappa shape index (κ1) is 22.1. The van der Waals surface area contributed by atoms with E-state index in [1.165, 1.54) is 11.9 Å². The maximum atomic E-state index is 12.4. The Hall–Kier alpha value is -2.16. The zero-order valence-corrected chi connectivity index (χ0v) is 16.8. The van der Waals surface area contributed by atoms with Gasteiger partial charge in [0.25, 0.3) is 0 Å². The molecular weight excluding hydrogens is 373 g/mol. The molecule has 6 nitrogen and oxygen atoms in total. The van der Waals surface area contributed by atoms with Crippen LogP contribution >= 0.6 is 0 Å². The average Bonchev–Trinajstić information content (AvgIpc) is 3.13. The molecule has 0 saturated carbocycles. The molecule has 1 aliphatic rings. The largest absolute Gasteiger partial charge is 0.497 e. The van der Waals surface area contributed by atoms with Gasteiger partial charge < -0.3 is 19.7 Å². The van der Waals surface area contributed by atoms with Crippen molar-refractivity contribution in [3.05, 3.63) is 23.8 Å². The number of alkyl halides is 3. The van der Waals surface area contributed by atoms with E-state index in [0.717, 1.165) is 36.6 Å². The lowest BCUT2D eigenvalue weighted by atomic mass is 9.98. The predicted molar refractivity (Wildman–Crippen MR) is 103 cm³/mol. The highest BCUT2D eigenvalue weighted by atomic mass is 19.4. The smallest absolute Gasteiger partial charge is 0.401 e. The maximum Gasteiger partial charge on any atom is 0.401 e. The van der Waals surface area contributed by atoms with Gasteiger partial charge in [-0.1, -0.05) is 0 Å². The molecule has 0 radical (unpaired) electrons. The Bertz CT molecular complexity index is 645. The van der Waals surface area contributed by atoms with E-state index < -0.39 is 12.7 Å². The van der Waals surface area contributed by atoms with Gasteiger partial charge in [-0.2, -0.15) is 13.2 Å². The molecule has 1 atom stereocenters. The first-order valence-electron chi connectivity index (χ1n) is 9.19. The Balaban J connectivity index is 1.91. The van der Waals surface area contributed by atoms with Gasteiger partial charge in [0.15, 0.2) is 5.96 Å². The second kappa shape index (κ2) is 9.86. The van der Waals surface area contributed by atoms with Crippen molar-refractivity contribution in [2.45, 2.75) is 18.5 Å². The molecule has 1 unspecified atom stereocenters. The number of ether oxygens (including phenoxy) is 2. The van der Waals surface area contributed by atoms with Crippen LogP contribution in [-0.2, 0) is 0 Å². The van der Waals surface area contributed by atoms with Crippen molar-refractivity contribution in [1.82, 2.24) is 15.1 Å². The fraction of sp³-hybridized carbons (Fsp3) is 0.632. The van der Waals surface area contributed by atoms with Crippen LogP contribution in [-0.4, -0.2) is 83.0 Å². The standard InChI is InChI=1S/C19H29F3N4O2/c1-23-18(24-6-8-25(2)13-19(20,21)22)26-7-5-14(12-26)15-9-16(27-3)11-17(10-15)28-4/h9-11,14H,5-8,12-13H2,1-4H3,(H,23,24). The molecule has 1 aromatic rings. The summed E-state index contributed by atoms with van der Waals surface area (Å²) in [7, 11) is 6.39. The zero-order chi connectivity index (χ0) is 20.7. The molecule has 28 heavy (non-hydrogen) atoms. The number of hydrogen-bond acceptors (Lipinski definition) is 4. The lowest BCUT2D eigenvalue weighted by Crippen LogP contribution is -2.43. The maximum absolute atomic E-state index is 12.4. The minimum absolute atomic E-state index is 0.281. The summed E-state index contributed by atoms with van der Waals surface area (Å²) in [5, 5.41) is 3.16. The van der Waals surface area contributed by atoms with E-state index in [-0.39, 0.29) is 6.54 Å². The van der Waals surface area contributed by atoms with E-state index in [4.69, 9.17) is 9.47 Å². The second-order valence-electron chi connectivity index (χ2n) is 6.90. The summed E-state index contributed by atoms with van der Waals surface area (Å²) in [6, 6.07) is 5.87. The summed E-state index contributed by atoms with van der Waals surface area (Å²) < 4.78 is 47.9. The summed E-state index contributed by atoms with van der Waals surface area (Å²) in [5.41, 5.74) is 1.14. The zero-order valence-electron chi connectivity index (χ0n) is 16.8.